The summed E-state index contributed by atoms with van der Waals surface area (Å²) in [5, 5.41) is 3.10. The van der Waals surface area contributed by atoms with Gasteiger partial charge in [0.1, 0.15) is 18.4 Å². The highest BCUT2D eigenvalue weighted by Gasteiger charge is 2.33. The number of carbonyl (C=O) groups is 2. The first-order valence-electron chi connectivity index (χ1n) is 12.5. The van der Waals surface area contributed by atoms with Gasteiger partial charge in [-0.25, -0.2) is 12.8 Å². The molecule has 39 heavy (non-hydrogen) atoms. The first kappa shape index (κ1) is 30.1. The van der Waals surface area contributed by atoms with Gasteiger partial charge in [-0.15, -0.1) is 0 Å². The third kappa shape index (κ3) is 7.16. The number of carbonyl (C=O) groups excluding carboxylic acids is 2. The summed E-state index contributed by atoms with van der Waals surface area (Å²) in [7, 11) is -4.23. The fraction of sp³-hybridized carbons (Fsp3) is 0.310. The number of hydrogen-bond donors (Lipinski definition) is 1. The molecule has 7 nitrogen and oxygen atoms in total. The Morgan fingerprint density at radius 3 is 2.21 bits per heavy atom. The molecule has 1 atom stereocenters. The Morgan fingerprint density at radius 2 is 1.59 bits per heavy atom. The molecule has 0 heterocycles. The lowest BCUT2D eigenvalue weighted by Gasteiger charge is -2.33. The molecule has 208 valence electrons. The predicted molar refractivity (Wildman–Crippen MR) is 152 cm³/mol. The van der Waals surface area contributed by atoms with Gasteiger partial charge in [-0.1, -0.05) is 53.6 Å². The topological polar surface area (TPSA) is 86.8 Å². The van der Waals surface area contributed by atoms with Crippen LogP contribution in [0, 0.1) is 19.7 Å². The van der Waals surface area contributed by atoms with E-state index >= 15 is 0 Å². The van der Waals surface area contributed by atoms with Crippen molar-refractivity contribution >= 4 is 39.1 Å². The van der Waals surface area contributed by atoms with Crippen molar-refractivity contribution in [3.63, 3.8) is 0 Å². The number of sulfonamides is 1. The summed E-state index contributed by atoms with van der Waals surface area (Å²) in [6, 6.07) is 15.8. The summed E-state index contributed by atoms with van der Waals surface area (Å²) >= 11 is 6.33. The summed E-state index contributed by atoms with van der Waals surface area (Å²) in [5.74, 6) is -1.66. The van der Waals surface area contributed by atoms with Gasteiger partial charge in [0, 0.05) is 23.2 Å². The monoisotopic (exact) mass is 573 g/mol. The maximum Gasteiger partial charge on any atom is 0.264 e. The first-order valence-corrected chi connectivity index (χ1v) is 14.3. The van der Waals surface area contributed by atoms with E-state index in [1.807, 2.05) is 6.92 Å². The van der Waals surface area contributed by atoms with Crippen molar-refractivity contribution in [2.75, 3.05) is 10.8 Å². The summed E-state index contributed by atoms with van der Waals surface area (Å²) in [6.45, 7) is 7.73. The van der Waals surface area contributed by atoms with Crippen molar-refractivity contribution in [2.24, 2.45) is 0 Å². The molecule has 0 aliphatic rings. The van der Waals surface area contributed by atoms with Crippen molar-refractivity contribution in [1.82, 2.24) is 10.2 Å². The molecule has 0 bridgehead atoms. The number of halogens is 2. The Morgan fingerprint density at radius 1 is 0.949 bits per heavy atom. The quantitative estimate of drug-likeness (QED) is 0.360. The molecule has 3 rings (SSSR count). The van der Waals surface area contributed by atoms with Crippen molar-refractivity contribution in [3.05, 3.63) is 94.3 Å². The van der Waals surface area contributed by atoms with E-state index in [1.54, 1.807) is 57.2 Å². The Kier molecular flexibility index (Phi) is 9.74. The molecule has 0 aliphatic carbocycles. The molecule has 0 fully saturated rings. The molecule has 3 aromatic rings. The number of aryl methyl sites for hydroxylation is 1. The van der Waals surface area contributed by atoms with E-state index in [1.165, 1.54) is 42.2 Å². The Hall–Kier alpha value is -3.43. The van der Waals surface area contributed by atoms with E-state index in [4.69, 9.17) is 11.6 Å². The van der Waals surface area contributed by atoms with Gasteiger partial charge in [0.25, 0.3) is 10.0 Å². The number of hydrogen-bond acceptors (Lipinski definition) is 4. The van der Waals surface area contributed by atoms with Crippen LogP contribution in [0.5, 0.6) is 0 Å². The van der Waals surface area contributed by atoms with Gasteiger partial charge < -0.3 is 10.2 Å². The lowest BCUT2D eigenvalue weighted by molar-refractivity contribution is -0.139. The summed E-state index contributed by atoms with van der Waals surface area (Å²) in [5.41, 5.74) is 1.76. The fourth-order valence-corrected chi connectivity index (χ4v) is 5.66. The first-order chi connectivity index (χ1) is 18.3. The number of rotatable bonds is 10. The third-order valence-electron chi connectivity index (χ3n) is 6.29. The summed E-state index contributed by atoms with van der Waals surface area (Å²) in [4.78, 5) is 28.0. The summed E-state index contributed by atoms with van der Waals surface area (Å²) < 4.78 is 43.4. The minimum Gasteiger partial charge on any atom is -0.352 e. The zero-order valence-corrected chi connectivity index (χ0v) is 24.2. The zero-order chi connectivity index (χ0) is 28.9. The molecule has 0 radical (unpaired) electrons. The number of amides is 2. The zero-order valence-electron chi connectivity index (χ0n) is 22.6. The highest BCUT2D eigenvalue weighted by Crippen LogP contribution is 2.31. The van der Waals surface area contributed by atoms with E-state index < -0.39 is 40.2 Å². The second-order valence-corrected chi connectivity index (χ2v) is 11.9. The van der Waals surface area contributed by atoms with Crippen LogP contribution in [-0.2, 0) is 26.2 Å². The van der Waals surface area contributed by atoms with Crippen LogP contribution in [0.4, 0.5) is 10.1 Å². The van der Waals surface area contributed by atoms with E-state index in [0.29, 0.717) is 10.6 Å². The van der Waals surface area contributed by atoms with Gasteiger partial charge in [0.05, 0.1) is 10.6 Å². The van der Waals surface area contributed by atoms with Crippen LogP contribution in [-0.4, -0.2) is 43.8 Å². The molecular formula is C29H33ClFN3O4S. The van der Waals surface area contributed by atoms with Crippen LogP contribution in [0.2, 0.25) is 5.02 Å². The molecule has 0 aliphatic heterocycles. The van der Waals surface area contributed by atoms with E-state index in [2.05, 4.69) is 5.32 Å². The molecule has 0 aromatic heterocycles. The van der Waals surface area contributed by atoms with Gasteiger partial charge in [0.15, 0.2) is 0 Å². The highest BCUT2D eigenvalue weighted by atomic mass is 35.5. The van der Waals surface area contributed by atoms with Gasteiger partial charge in [0.2, 0.25) is 11.8 Å². The van der Waals surface area contributed by atoms with Gasteiger partial charge >= 0.3 is 0 Å². The number of nitrogens with zero attached hydrogens (tertiary/aromatic N) is 2. The third-order valence-corrected chi connectivity index (χ3v) is 8.48. The molecule has 0 saturated carbocycles. The second-order valence-electron chi connectivity index (χ2n) is 9.66. The van der Waals surface area contributed by atoms with Crippen LogP contribution in [0.3, 0.4) is 0 Å². The Bertz CT molecular complexity index is 1450. The average molecular weight is 574 g/mol. The average Bonchev–Trinajstić information content (AvgIpc) is 2.88. The number of nitrogens with one attached hydrogen (secondary N) is 1. The molecule has 0 spiro atoms. The van der Waals surface area contributed by atoms with E-state index in [9.17, 15) is 22.4 Å². The smallest absolute Gasteiger partial charge is 0.264 e. The highest BCUT2D eigenvalue weighted by molar-refractivity contribution is 7.92. The standard InChI is InChI=1S/C29H33ClFN3O4S/c1-19(2)32-29(36)22(5)33(17-23-9-6-7-11-26(23)31)28(35)18-34(27-12-8-10-25(30)21(27)4)39(37,38)24-15-13-20(3)14-16-24/h6-16,19,22H,17-18H2,1-5H3,(H,32,36)/t22-/m1/s1. The normalized spacial score (nSPS) is 12.2. The van der Waals surface area contributed by atoms with Gasteiger partial charge in [-0.2, -0.15) is 0 Å². The van der Waals surface area contributed by atoms with Crippen molar-refractivity contribution < 1.29 is 22.4 Å². The van der Waals surface area contributed by atoms with Crippen LogP contribution in [0.15, 0.2) is 71.6 Å². The second kappa shape index (κ2) is 12.6. The van der Waals surface area contributed by atoms with E-state index in [0.717, 1.165) is 9.87 Å². The van der Waals surface area contributed by atoms with Crippen molar-refractivity contribution in [2.45, 2.75) is 58.1 Å². The molecule has 3 aromatic carbocycles. The molecule has 10 heteroatoms. The number of anilines is 1. The number of benzene rings is 3. The Balaban J connectivity index is 2.09. The molecule has 0 saturated heterocycles. The molecular weight excluding hydrogens is 541 g/mol. The maximum absolute atomic E-state index is 14.6. The van der Waals surface area contributed by atoms with Crippen LogP contribution >= 0.6 is 11.6 Å². The lowest BCUT2D eigenvalue weighted by atomic mass is 10.1. The molecule has 1 N–H and O–H groups in total. The van der Waals surface area contributed by atoms with Crippen molar-refractivity contribution in [3.8, 4) is 0 Å². The SMILES string of the molecule is Cc1ccc(S(=O)(=O)N(CC(=O)N(Cc2ccccc2F)[C@H](C)C(=O)NC(C)C)c2cccc(Cl)c2C)cc1. The molecule has 0 unspecified atom stereocenters. The van der Waals surface area contributed by atoms with Crippen LogP contribution in [0.25, 0.3) is 0 Å². The van der Waals surface area contributed by atoms with E-state index in [-0.39, 0.29) is 28.7 Å². The maximum atomic E-state index is 14.6. The Labute approximate surface area is 234 Å². The minimum absolute atomic E-state index is 0.00784. The van der Waals surface area contributed by atoms with Crippen LogP contribution in [0.1, 0.15) is 37.5 Å². The predicted octanol–water partition coefficient (Wildman–Crippen LogP) is 5.23. The van der Waals surface area contributed by atoms with Gasteiger partial charge in [-0.3, -0.25) is 13.9 Å². The van der Waals surface area contributed by atoms with Gasteiger partial charge in [-0.05, 0) is 70.5 Å². The minimum atomic E-state index is -4.23. The fourth-order valence-electron chi connectivity index (χ4n) is 4.01. The van der Waals surface area contributed by atoms with Crippen molar-refractivity contribution in [1.29, 1.82) is 0 Å². The molecule has 2 amide bonds. The largest absolute Gasteiger partial charge is 0.352 e. The summed E-state index contributed by atoms with van der Waals surface area (Å²) in [6.07, 6.45) is 0. The lowest BCUT2D eigenvalue weighted by Crippen LogP contribution is -2.52. The van der Waals surface area contributed by atoms with Crippen LogP contribution < -0.4 is 9.62 Å².